The van der Waals surface area contributed by atoms with E-state index in [1.54, 1.807) is 0 Å². The van der Waals surface area contributed by atoms with Gasteiger partial charge in [0.15, 0.2) is 0 Å². The number of fused-ring (bicyclic) bond motifs is 1. The second kappa shape index (κ2) is 7.08. The second-order valence-electron chi connectivity index (χ2n) is 5.73. The van der Waals surface area contributed by atoms with Gasteiger partial charge < -0.3 is 10.6 Å². The zero-order chi connectivity index (χ0) is 16.9. The quantitative estimate of drug-likeness (QED) is 0.752. The highest BCUT2D eigenvalue weighted by molar-refractivity contribution is 6.02. The number of carbonyl (C=O) groups is 1. The van der Waals surface area contributed by atoms with Crippen molar-refractivity contribution in [2.24, 2.45) is 0 Å². The molecule has 1 amide bonds. The van der Waals surface area contributed by atoms with E-state index < -0.39 is 0 Å². The Bertz CT molecular complexity index is 851. The minimum atomic E-state index is -0.0387. The van der Waals surface area contributed by atoms with E-state index >= 15 is 0 Å². The smallest absolute Gasteiger partial charge is 0.226 e. The van der Waals surface area contributed by atoms with Gasteiger partial charge in [0, 0.05) is 35.4 Å². The standard InChI is InChI=1S/C19H20N4O/c1-13-12-14(2)22-19(21-13)20-11-10-18(24)23-17-9-5-7-15-6-3-4-8-16(15)17/h3-9,12H,10-11H2,1-2H3,(H,23,24)(H,20,21,22). The highest BCUT2D eigenvalue weighted by Crippen LogP contribution is 2.22. The lowest BCUT2D eigenvalue weighted by Gasteiger charge is -2.09. The van der Waals surface area contributed by atoms with Gasteiger partial charge in [-0.1, -0.05) is 36.4 Å². The van der Waals surface area contributed by atoms with Gasteiger partial charge in [-0.3, -0.25) is 4.79 Å². The molecule has 0 aliphatic heterocycles. The average molecular weight is 320 g/mol. The predicted octanol–water partition coefficient (Wildman–Crippen LogP) is 3.69. The molecule has 0 aliphatic rings. The van der Waals surface area contributed by atoms with Crippen LogP contribution in [0.1, 0.15) is 17.8 Å². The molecule has 3 rings (SSSR count). The van der Waals surface area contributed by atoms with Crippen LogP contribution in [0.3, 0.4) is 0 Å². The highest BCUT2D eigenvalue weighted by Gasteiger charge is 2.06. The van der Waals surface area contributed by atoms with E-state index in [9.17, 15) is 4.79 Å². The molecule has 5 heteroatoms. The number of amides is 1. The summed E-state index contributed by atoms with van der Waals surface area (Å²) in [5.74, 6) is 0.522. The van der Waals surface area contributed by atoms with Crippen molar-refractivity contribution >= 4 is 28.3 Å². The molecule has 0 saturated carbocycles. The van der Waals surface area contributed by atoms with E-state index in [0.29, 0.717) is 18.9 Å². The Morgan fingerprint density at radius 1 is 1.00 bits per heavy atom. The summed E-state index contributed by atoms with van der Waals surface area (Å²) >= 11 is 0. The molecule has 1 heterocycles. The first kappa shape index (κ1) is 15.9. The summed E-state index contributed by atoms with van der Waals surface area (Å²) in [6, 6.07) is 15.8. The van der Waals surface area contributed by atoms with Gasteiger partial charge in [0.25, 0.3) is 0 Å². The van der Waals surface area contributed by atoms with Gasteiger partial charge in [0.1, 0.15) is 0 Å². The van der Waals surface area contributed by atoms with Crippen LogP contribution in [0, 0.1) is 13.8 Å². The molecule has 24 heavy (non-hydrogen) atoms. The van der Waals surface area contributed by atoms with E-state index in [0.717, 1.165) is 27.8 Å². The number of nitrogens with zero attached hydrogens (tertiary/aromatic N) is 2. The summed E-state index contributed by atoms with van der Waals surface area (Å²) in [5, 5.41) is 8.22. The molecule has 0 atom stereocenters. The molecule has 3 aromatic rings. The molecule has 0 unspecified atom stereocenters. The fourth-order valence-electron chi connectivity index (χ4n) is 2.64. The normalized spacial score (nSPS) is 10.6. The number of hydrogen-bond acceptors (Lipinski definition) is 4. The van der Waals surface area contributed by atoms with Crippen LogP contribution in [0.15, 0.2) is 48.5 Å². The summed E-state index contributed by atoms with van der Waals surface area (Å²) < 4.78 is 0. The average Bonchev–Trinajstić information content (AvgIpc) is 2.54. The number of hydrogen-bond donors (Lipinski definition) is 2. The van der Waals surface area contributed by atoms with E-state index in [4.69, 9.17) is 0 Å². The maximum absolute atomic E-state index is 12.2. The first-order valence-corrected chi connectivity index (χ1v) is 7.95. The summed E-state index contributed by atoms with van der Waals surface area (Å²) in [4.78, 5) is 20.8. The third-order valence-electron chi connectivity index (χ3n) is 3.68. The molecule has 0 radical (unpaired) electrons. The minimum Gasteiger partial charge on any atom is -0.354 e. The topological polar surface area (TPSA) is 66.9 Å². The van der Waals surface area contributed by atoms with Crippen LogP contribution in [0.5, 0.6) is 0 Å². The zero-order valence-corrected chi connectivity index (χ0v) is 13.8. The van der Waals surface area contributed by atoms with Crippen molar-refractivity contribution in [3.8, 4) is 0 Å². The van der Waals surface area contributed by atoms with Crippen LogP contribution in [0.25, 0.3) is 10.8 Å². The maximum atomic E-state index is 12.2. The Morgan fingerprint density at radius 2 is 1.71 bits per heavy atom. The van der Waals surface area contributed by atoms with Crippen LogP contribution in [0.4, 0.5) is 11.6 Å². The minimum absolute atomic E-state index is 0.0387. The number of anilines is 2. The monoisotopic (exact) mass is 320 g/mol. The molecule has 2 N–H and O–H groups in total. The summed E-state index contributed by atoms with van der Waals surface area (Å²) in [6.07, 6.45) is 0.347. The third-order valence-corrected chi connectivity index (χ3v) is 3.68. The number of aromatic nitrogens is 2. The first-order chi connectivity index (χ1) is 11.6. The van der Waals surface area contributed by atoms with Crippen molar-refractivity contribution in [2.45, 2.75) is 20.3 Å². The third kappa shape index (κ3) is 3.87. The van der Waals surface area contributed by atoms with Crippen molar-refractivity contribution in [3.05, 3.63) is 59.9 Å². The fraction of sp³-hybridized carbons (Fsp3) is 0.211. The zero-order valence-electron chi connectivity index (χ0n) is 13.8. The fourth-order valence-corrected chi connectivity index (χ4v) is 2.64. The molecule has 2 aromatic carbocycles. The Labute approximate surface area is 141 Å². The molecule has 1 aromatic heterocycles. The van der Waals surface area contributed by atoms with Crippen LogP contribution in [0.2, 0.25) is 0 Å². The molecular weight excluding hydrogens is 300 g/mol. The van der Waals surface area contributed by atoms with E-state index in [2.05, 4.69) is 20.6 Å². The van der Waals surface area contributed by atoms with Crippen LogP contribution in [-0.4, -0.2) is 22.4 Å². The van der Waals surface area contributed by atoms with Crippen molar-refractivity contribution in [2.75, 3.05) is 17.2 Å². The Hall–Kier alpha value is -2.95. The summed E-state index contributed by atoms with van der Waals surface area (Å²) in [6.45, 7) is 4.33. The van der Waals surface area contributed by atoms with Crippen LogP contribution >= 0.6 is 0 Å². The van der Waals surface area contributed by atoms with Crippen LogP contribution < -0.4 is 10.6 Å². The summed E-state index contributed by atoms with van der Waals surface area (Å²) in [7, 11) is 0. The van der Waals surface area contributed by atoms with Gasteiger partial charge in [-0.25, -0.2) is 9.97 Å². The molecule has 0 saturated heterocycles. The number of carbonyl (C=O) groups excluding carboxylic acids is 1. The number of aryl methyl sites for hydroxylation is 2. The number of benzene rings is 2. The highest BCUT2D eigenvalue weighted by atomic mass is 16.1. The molecule has 122 valence electrons. The van der Waals surface area contributed by atoms with E-state index in [-0.39, 0.29) is 5.91 Å². The van der Waals surface area contributed by atoms with E-state index in [1.807, 2.05) is 62.4 Å². The molecule has 5 nitrogen and oxygen atoms in total. The van der Waals surface area contributed by atoms with Gasteiger partial charge >= 0.3 is 0 Å². The largest absolute Gasteiger partial charge is 0.354 e. The van der Waals surface area contributed by atoms with Gasteiger partial charge in [-0.15, -0.1) is 0 Å². The van der Waals surface area contributed by atoms with Crippen molar-refractivity contribution in [1.82, 2.24) is 9.97 Å². The molecule has 0 fully saturated rings. The van der Waals surface area contributed by atoms with Crippen LogP contribution in [-0.2, 0) is 4.79 Å². The van der Waals surface area contributed by atoms with Gasteiger partial charge in [0.2, 0.25) is 11.9 Å². The Kier molecular flexibility index (Phi) is 4.70. The van der Waals surface area contributed by atoms with Gasteiger partial charge in [0.05, 0.1) is 0 Å². The lowest BCUT2D eigenvalue weighted by molar-refractivity contribution is -0.115. The van der Waals surface area contributed by atoms with Crippen molar-refractivity contribution in [1.29, 1.82) is 0 Å². The lowest BCUT2D eigenvalue weighted by Crippen LogP contribution is -2.17. The SMILES string of the molecule is Cc1cc(C)nc(NCCC(=O)Nc2cccc3ccccc23)n1. The molecular formula is C19H20N4O. The van der Waals surface area contributed by atoms with Crippen molar-refractivity contribution < 1.29 is 4.79 Å². The lowest BCUT2D eigenvalue weighted by atomic mass is 10.1. The van der Waals surface area contributed by atoms with E-state index in [1.165, 1.54) is 0 Å². The van der Waals surface area contributed by atoms with Gasteiger partial charge in [-0.05, 0) is 31.4 Å². The first-order valence-electron chi connectivity index (χ1n) is 7.95. The Morgan fingerprint density at radius 3 is 2.50 bits per heavy atom. The van der Waals surface area contributed by atoms with Gasteiger partial charge in [-0.2, -0.15) is 0 Å². The Balaban J connectivity index is 1.59. The summed E-state index contributed by atoms with van der Waals surface area (Å²) in [5.41, 5.74) is 2.65. The molecule has 0 bridgehead atoms. The second-order valence-corrected chi connectivity index (χ2v) is 5.73. The molecule has 0 aliphatic carbocycles. The molecule has 0 spiro atoms. The number of rotatable bonds is 5. The predicted molar refractivity (Wildman–Crippen MR) is 97.2 cm³/mol. The number of nitrogens with one attached hydrogen (secondary N) is 2. The van der Waals surface area contributed by atoms with Crippen molar-refractivity contribution in [3.63, 3.8) is 0 Å². The maximum Gasteiger partial charge on any atom is 0.226 e.